The van der Waals surface area contributed by atoms with Crippen molar-refractivity contribution in [2.45, 2.75) is 27.2 Å². The zero-order chi connectivity index (χ0) is 10.6. The molecular weight excluding hydrogens is 168 g/mol. The van der Waals surface area contributed by atoms with Crippen molar-refractivity contribution >= 4 is 5.57 Å². The molecule has 0 saturated heterocycles. The third kappa shape index (κ3) is 2.14. The van der Waals surface area contributed by atoms with Crippen LogP contribution in [0.1, 0.15) is 31.4 Å². The minimum Gasteiger partial charge on any atom is -0.0984 e. The lowest BCUT2D eigenvalue weighted by Crippen LogP contribution is -1.89. The van der Waals surface area contributed by atoms with Crippen molar-refractivity contribution in [3.05, 3.63) is 53.6 Å². The predicted molar refractivity (Wildman–Crippen MR) is 64.3 cm³/mol. The lowest BCUT2D eigenvalue weighted by Gasteiger charge is -2.09. The highest BCUT2D eigenvalue weighted by atomic mass is 14.1. The Morgan fingerprint density at radius 1 is 1.36 bits per heavy atom. The Bertz CT molecular complexity index is 356. The third-order valence-corrected chi connectivity index (χ3v) is 2.63. The van der Waals surface area contributed by atoms with Crippen LogP contribution < -0.4 is 0 Å². The molecule has 0 aromatic heterocycles. The van der Waals surface area contributed by atoms with Gasteiger partial charge in [0.1, 0.15) is 0 Å². The van der Waals surface area contributed by atoms with Crippen molar-refractivity contribution in [3.63, 3.8) is 0 Å². The number of benzene rings is 1. The summed E-state index contributed by atoms with van der Waals surface area (Å²) < 4.78 is 0. The van der Waals surface area contributed by atoms with E-state index in [-0.39, 0.29) is 0 Å². The maximum atomic E-state index is 3.89. The largest absolute Gasteiger partial charge is 0.0984 e. The first-order chi connectivity index (χ1) is 6.70. The Morgan fingerprint density at radius 3 is 2.50 bits per heavy atom. The Kier molecular flexibility index (Phi) is 3.70. The Labute approximate surface area is 87.0 Å². The summed E-state index contributed by atoms with van der Waals surface area (Å²) in [5.41, 5.74) is 5.30. The molecule has 0 spiro atoms. The monoisotopic (exact) mass is 186 g/mol. The zero-order valence-electron chi connectivity index (χ0n) is 9.30. The quantitative estimate of drug-likeness (QED) is 0.615. The van der Waals surface area contributed by atoms with E-state index < -0.39 is 0 Å². The van der Waals surface area contributed by atoms with E-state index in [9.17, 15) is 0 Å². The van der Waals surface area contributed by atoms with E-state index >= 15 is 0 Å². The van der Waals surface area contributed by atoms with Gasteiger partial charge in [-0.1, -0.05) is 49.4 Å². The van der Waals surface area contributed by atoms with Crippen LogP contribution in [0.3, 0.4) is 0 Å². The van der Waals surface area contributed by atoms with E-state index in [0.29, 0.717) is 0 Å². The summed E-state index contributed by atoms with van der Waals surface area (Å²) in [7, 11) is 0. The van der Waals surface area contributed by atoms with E-state index in [1.165, 1.54) is 22.3 Å². The predicted octanol–water partition coefficient (Wildman–Crippen LogP) is 4.36. The van der Waals surface area contributed by atoms with Gasteiger partial charge in [-0.2, -0.15) is 0 Å². The molecule has 0 radical (unpaired) electrons. The minimum atomic E-state index is 1.08. The van der Waals surface area contributed by atoms with Crippen molar-refractivity contribution in [2.24, 2.45) is 0 Å². The van der Waals surface area contributed by atoms with Crippen LogP contribution in [0.2, 0.25) is 0 Å². The highest BCUT2D eigenvalue weighted by Crippen LogP contribution is 2.24. The molecule has 0 fully saturated rings. The van der Waals surface area contributed by atoms with Crippen molar-refractivity contribution in [1.29, 1.82) is 0 Å². The van der Waals surface area contributed by atoms with Crippen LogP contribution in [0.4, 0.5) is 0 Å². The molecule has 0 saturated carbocycles. The average molecular weight is 186 g/mol. The van der Waals surface area contributed by atoms with Gasteiger partial charge < -0.3 is 0 Å². The molecule has 0 N–H and O–H groups in total. The van der Waals surface area contributed by atoms with Gasteiger partial charge in [0.15, 0.2) is 0 Å². The first-order valence-electron chi connectivity index (χ1n) is 5.08. The second-order valence-corrected chi connectivity index (χ2v) is 3.57. The Morgan fingerprint density at radius 2 is 2.00 bits per heavy atom. The number of aryl methyl sites for hydroxylation is 1. The molecule has 1 aromatic carbocycles. The van der Waals surface area contributed by atoms with Crippen molar-refractivity contribution in [3.8, 4) is 0 Å². The second-order valence-electron chi connectivity index (χ2n) is 3.57. The summed E-state index contributed by atoms with van der Waals surface area (Å²) in [6, 6.07) is 8.45. The van der Waals surface area contributed by atoms with Crippen molar-refractivity contribution in [2.75, 3.05) is 0 Å². The van der Waals surface area contributed by atoms with Crippen LogP contribution >= 0.6 is 0 Å². The van der Waals surface area contributed by atoms with Gasteiger partial charge in [-0.3, -0.25) is 0 Å². The normalized spacial score (nSPS) is 12.2. The van der Waals surface area contributed by atoms with Crippen LogP contribution in [-0.4, -0.2) is 0 Å². The molecule has 0 aliphatic heterocycles. The molecule has 0 aliphatic carbocycles. The summed E-state index contributed by atoms with van der Waals surface area (Å²) in [4.78, 5) is 0. The van der Waals surface area contributed by atoms with E-state index in [0.717, 1.165) is 6.42 Å². The van der Waals surface area contributed by atoms with Crippen LogP contribution in [0, 0.1) is 6.92 Å². The molecule has 14 heavy (non-hydrogen) atoms. The second kappa shape index (κ2) is 4.80. The summed E-state index contributed by atoms with van der Waals surface area (Å²) in [5.74, 6) is 0. The van der Waals surface area contributed by atoms with Crippen LogP contribution in [0.25, 0.3) is 5.57 Å². The average Bonchev–Trinajstić information content (AvgIpc) is 2.21. The molecular formula is C14H18. The van der Waals surface area contributed by atoms with Gasteiger partial charge in [-0.15, -0.1) is 0 Å². The maximum absolute atomic E-state index is 3.89. The van der Waals surface area contributed by atoms with Crippen LogP contribution in [0.15, 0.2) is 42.5 Å². The number of rotatable bonds is 3. The van der Waals surface area contributed by atoms with Gasteiger partial charge in [0.25, 0.3) is 0 Å². The first kappa shape index (κ1) is 10.8. The third-order valence-electron chi connectivity index (χ3n) is 2.63. The minimum absolute atomic E-state index is 1.08. The van der Waals surface area contributed by atoms with E-state index in [1.807, 2.05) is 6.08 Å². The van der Waals surface area contributed by atoms with E-state index in [2.05, 4.69) is 51.6 Å². The molecule has 1 aromatic rings. The lowest BCUT2D eigenvalue weighted by molar-refractivity contribution is 1.10. The van der Waals surface area contributed by atoms with Gasteiger partial charge in [0, 0.05) is 0 Å². The summed E-state index contributed by atoms with van der Waals surface area (Å²) in [6.45, 7) is 10.4. The van der Waals surface area contributed by atoms with Gasteiger partial charge in [-0.05, 0) is 37.0 Å². The Balaban J connectivity index is 3.27. The highest BCUT2D eigenvalue weighted by Gasteiger charge is 2.03. The van der Waals surface area contributed by atoms with Gasteiger partial charge in [0.2, 0.25) is 0 Å². The molecule has 0 aliphatic rings. The fourth-order valence-corrected chi connectivity index (χ4v) is 1.58. The number of hydrogen-bond donors (Lipinski definition) is 0. The standard InChI is InChI=1S/C14H18/c1-5-11(3)13(6-2)14-10-8-7-9-12(14)4/h6-10H,2,5H2,1,3-4H3/b13-11+. The molecule has 74 valence electrons. The number of allylic oxidation sites excluding steroid dienone is 3. The van der Waals surface area contributed by atoms with E-state index in [1.54, 1.807) is 0 Å². The molecule has 0 bridgehead atoms. The zero-order valence-corrected chi connectivity index (χ0v) is 9.30. The smallest absolute Gasteiger partial charge is 0.0156 e. The molecule has 0 amide bonds. The van der Waals surface area contributed by atoms with Gasteiger partial charge >= 0.3 is 0 Å². The summed E-state index contributed by atoms with van der Waals surface area (Å²) in [5, 5.41) is 0. The molecule has 0 heterocycles. The van der Waals surface area contributed by atoms with Crippen molar-refractivity contribution in [1.82, 2.24) is 0 Å². The van der Waals surface area contributed by atoms with Crippen molar-refractivity contribution < 1.29 is 0 Å². The van der Waals surface area contributed by atoms with Gasteiger partial charge in [0.05, 0.1) is 0 Å². The summed E-state index contributed by atoms with van der Waals surface area (Å²) in [6.07, 6.45) is 3.04. The Hall–Kier alpha value is -1.30. The maximum Gasteiger partial charge on any atom is -0.0156 e. The van der Waals surface area contributed by atoms with Gasteiger partial charge in [-0.25, -0.2) is 0 Å². The highest BCUT2D eigenvalue weighted by molar-refractivity contribution is 5.77. The fourth-order valence-electron chi connectivity index (χ4n) is 1.58. The molecule has 0 atom stereocenters. The molecule has 1 rings (SSSR count). The molecule has 0 heteroatoms. The van der Waals surface area contributed by atoms with E-state index in [4.69, 9.17) is 0 Å². The fraction of sp³-hybridized carbons (Fsp3) is 0.286. The SMILES string of the molecule is C=C/C(=C(/C)CC)c1ccccc1C. The number of hydrogen-bond acceptors (Lipinski definition) is 0. The molecule has 0 unspecified atom stereocenters. The topological polar surface area (TPSA) is 0 Å². The lowest BCUT2D eigenvalue weighted by atomic mass is 9.96. The first-order valence-corrected chi connectivity index (χ1v) is 5.08. The molecule has 0 nitrogen and oxygen atoms in total. The van der Waals surface area contributed by atoms with Crippen LogP contribution in [-0.2, 0) is 0 Å². The summed E-state index contributed by atoms with van der Waals surface area (Å²) >= 11 is 0. The van der Waals surface area contributed by atoms with Crippen LogP contribution in [0.5, 0.6) is 0 Å².